The number of aliphatic hydroxyl groups excluding tert-OH is 1. The average molecular weight is 571 g/mol. The SMILES string of the molecule is CCCCCOc1cccc(C2/C(=C(\O)c3ccc4c(c3)OCCO4)C(=O)C(=O)N2c2nc3ccc(C)cc3s2)c1. The Morgan fingerprint density at radius 2 is 1.88 bits per heavy atom. The maximum absolute atomic E-state index is 13.7. The summed E-state index contributed by atoms with van der Waals surface area (Å²) in [5.41, 5.74) is 2.76. The summed E-state index contributed by atoms with van der Waals surface area (Å²) >= 11 is 1.33. The molecule has 1 N–H and O–H groups in total. The fourth-order valence-electron chi connectivity index (χ4n) is 5.13. The molecule has 6 rings (SSSR count). The number of anilines is 1. The summed E-state index contributed by atoms with van der Waals surface area (Å²) in [6, 6.07) is 17.2. The molecular formula is C32H30N2O6S. The van der Waals surface area contributed by atoms with Crippen LogP contribution in [0.2, 0.25) is 0 Å². The van der Waals surface area contributed by atoms with Gasteiger partial charge >= 0.3 is 5.91 Å². The van der Waals surface area contributed by atoms with E-state index in [0.717, 1.165) is 35.0 Å². The number of aromatic nitrogens is 1. The molecule has 4 aromatic rings. The van der Waals surface area contributed by atoms with Gasteiger partial charge in [0.2, 0.25) is 0 Å². The number of ketones is 1. The van der Waals surface area contributed by atoms with Crippen molar-refractivity contribution in [3.63, 3.8) is 0 Å². The van der Waals surface area contributed by atoms with E-state index in [2.05, 4.69) is 6.92 Å². The van der Waals surface area contributed by atoms with Crippen LogP contribution in [0.25, 0.3) is 16.0 Å². The first-order chi connectivity index (χ1) is 19.9. The molecule has 210 valence electrons. The Hall–Kier alpha value is -4.37. The van der Waals surface area contributed by atoms with Gasteiger partial charge in [0, 0.05) is 5.56 Å². The van der Waals surface area contributed by atoms with Crippen LogP contribution in [0.4, 0.5) is 5.13 Å². The molecular weight excluding hydrogens is 540 g/mol. The normalized spacial score (nSPS) is 17.8. The van der Waals surface area contributed by atoms with E-state index in [4.69, 9.17) is 19.2 Å². The number of ether oxygens (including phenoxy) is 3. The maximum atomic E-state index is 13.7. The number of rotatable bonds is 8. The average Bonchev–Trinajstić information content (AvgIpc) is 3.52. The number of unbranched alkanes of at least 4 members (excludes halogenated alkanes) is 2. The van der Waals surface area contributed by atoms with E-state index >= 15 is 0 Å². The topological polar surface area (TPSA) is 98.2 Å². The highest BCUT2D eigenvalue weighted by molar-refractivity contribution is 7.22. The van der Waals surface area contributed by atoms with E-state index in [-0.39, 0.29) is 11.3 Å². The monoisotopic (exact) mass is 570 g/mol. The molecule has 1 saturated heterocycles. The molecule has 3 heterocycles. The standard InChI is InChI=1S/C32H30N2O6S/c1-3-4-5-13-38-22-8-6-7-20(17-22)28-27(29(35)21-10-12-24-25(18-21)40-15-14-39-24)30(36)31(37)34(28)32-33-23-11-9-19(2)16-26(23)41-32/h6-12,16-18,28,35H,3-5,13-15H2,1-2H3/b29-27+. The number of carbonyl (C=O) groups is 2. The zero-order chi connectivity index (χ0) is 28.5. The predicted molar refractivity (Wildman–Crippen MR) is 158 cm³/mol. The molecule has 1 aromatic heterocycles. The number of Topliss-reactive ketones (excluding diaryl/α,β-unsaturated/α-hetero) is 1. The highest BCUT2D eigenvalue weighted by Crippen LogP contribution is 2.45. The number of aryl methyl sites for hydroxylation is 1. The van der Waals surface area contributed by atoms with Gasteiger partial charge < -0.3 is 19.3 Å². The largest absolute Gasteiger partial charge is 0.507 e. The lowest BCUT2D eigenvalue weighted by molar-refractivity contribution is -0.132. The van der Waals surface area contributed by atoms with Gasteiger partial charge in [-0.05, 0) is 66.9 Å². The zero-order valence-corrected chi connectivity index (χ0v) is 23.7. The lowest BCUT2D eigenvalue weighted by Gasteiger charge is -2.24. The highest BCUT2D eigenvalue weighted by atomic mass is 32.1. The van der Waals surface area contributed by atoms with Gasteiger partial charge in [0.15, 0.2) is 16.6 Å². The van der Waals surface area contributed by atoms with E-state index < -0.39 is 17.7 Å². The molecule has 9 heteroatoms. The summed E-state index contributed by atoms with van der Waals surface area (Å²) in [7, 11) is 0. The van der Waals surface area contributed by atoms with E-state index in [1.165, 1.54) is 16.2 Å². The highest BCUT2D eigenvalue weighted by Gasteiger charge is 2.48. The van der Waals surface area contributed by atoms with Crippen LogP contribution < -0.4 is 19.1 Å². The molecule has 3 aromatic carbocycles. The van der Waals surface area contributed by atoms with Crippen molar-refractivity contribution < 1.29 is 28.9 Å². The summed E-state index contributed by atoms with van der Waals surface area (Å²) in [6.45, 7) is 5.50. The van der Waals surface area contributed by atoms with Crippen molar-refractivity contribution >= 4 is 44.1 Å². The molecule has 41 heavy (non-hydrogen) atoms. The van der Waals surface area contributed by atoms with Crippen molar-refractivity contribution in [2.45, 2.75) is 39.2 Å². The number of fused-ring (bicyclic) bond motifs is 2. The molecule has 1 unspecified atom stereocenters. The van der Waals surface area contributed by atoms with Gasteiger partial charge in [-0.15, -0.1) is 0 Å². The number of aliphatic hydroxyl groups is 1. The Balaban J connectivity index is 1.48. The summed E-state index contributed by atoms with van der Waals surface area (Å²) < 4.78 is 18.2. The summed E-state index contributed by atoms with van der Waals surface area (Å²) in [4.78, 5) is 33.4. The molecule has 0 aliphatic carbocycles. The van der Waals surface area contributed by atoms with Crippen molar-refractivity contribution in [1.82, 2.24) is 4.98 Å². The van der Waals surface area contributed by atoms with Crippen LogP contribution in [-0.2, 0) is 9.59 Å². The lowest BCUT2D eigenvalue weighted by atomic mass is 9.95. The van der Waals surface area contributed by atoms with Crippen LogP contribution in [0.1, 0.15) is 48.9 Å². The third kappa shape index (κ3) is 5.13. The number of nitrogens with zero attached hydrogens (tertiary/aromatic N) is 2. The Morgan fingerprint density at radius 1 is 1.05 bits per heavy atom. The molecule has 0 spiro atoms. The fraction of sp³-hybridized carbons (Fsp3) is 0.281. The van der Waals surface area contributed by atoms with Gasteiger partial charge in [-0.25, -0.2) is 4.98 Å². The van der Waals surface area contributed by atoms with Crippen molar-refractivity contribution in [2.24, 2.45) is 0 Å². The number of carbonyl (C=O) groups excluding carboxylic acids is 2. The van der Waals surface area contributed by atoms with Gasteiger partial charge in [-0.2, -0.15) is 0 Å². The molecule has 8 nitrogen and oxygen atoms in total. The van der Waals surface area contributed by atoms with Gasteiger partial charge in [0.05, 0.1) is 28.4 Å². The van der Waals surface area contributed by atoms with Crippen LogP contribution in [0, 0.1) is 6.92 Å². The number of benzene rings is 3. The Labute approximate surface area is 241 Å². The Bertz CT molecular complexity index is 1680. The van der Waals surface area contributed by atoms with Crippen molar-refractivity contribution in [3.8, 4) is 17.2 Å². The zero-order valence-electron chi connectivity index (χ0n) is 22.9. The van der Waals surface area contributed by atoms with Gasteiger partial charge in [-0.1, -0.05) is 49.3 Å². The minimum absolute atomic E-state index is 0.0229. The third-order valence-corrected chi connectivity index (χ3v) is 8.21. The van der Waals surface area contributed by atoms with Crippen molar-refractivity contribution in [3.05, 3.63) is 82.9 Å². The molecule has 1 fully saturated rings. The van der Waals surface area contributed by atoms with E-state index in [1.807, 2.05) is 49.4 Å². The number of hydrogen-bond acceptors (Lipinski definition) is 8. The first kappa shape index (κ1) is 26.8. The van der Waals surface area contributed by atoms with Gasteiger partial charge in [0.1, 0.15) is 24.7 Å². The van der Waals surface area contributed by atoms with Crippen molar-refractivity contribution in [1.29, 1.82) is 0 Å². The quantitative estimate of drug-likeness (QED) is 0.111. The smallest absolute Gasteiger partial charge is 0.301 e. The molecule has 2 aliphatic heterocycles. The molecule has 0 bridgehead atoms. The molecule has 2 aliphatic rings. The molecule has 0 saturated carbocycles. The van der Waals surface area contributed by atoms with Crippen LogP contribution in [0.15, 0.2) is 66.2 Å². The second-order valence-electron chi connectivity index (χ2n) is 10.1. The fourth-order valence-corrected chi connectivity index (χ4v) is 6.22. The molecule has 1 atom stereocenters. The van der Waals surface area contributed by atoms with Crippen LogP contribution in [0.3, 0.4) is 0 Å². The second kappa shape index (κ2) is 11.2. The predicted octanol–water partition coefficient (Wildman–Crippen LogP) is 6.57. The van der Waals surface area contributed by atoms with Crippen LogP contribution >= 0.6 is 11.3 Å². The third-order valence-electron chi connectivity index (χ3n) is 7.19. The lowest BCUT2D eigenvalue weighted by Crippen LogP contribution is -2.29. The first-order valence-corrected chi connectivity index (χ1v) is 14.6. The van der Waals surface area contributed by atoms with E-state index in [9.17, 15) is 14.7 Å². The van der Waals surface area contributed by atoms with Gasteiger partial charge in [-0.3, -0.25) is 14.5 Å². The number of thiazole rings is 1. The summed E-state index contributed by atoms with van der Waals surface area (Å²) in [6.07, 6.45) is 3.07. The van der Waals surface area contributed by atoms with Crippen molar-refractivity contribution in [2.75, 3.05) is 24.7 Å². The number of amides is 1. The molecule has 0 radical (unpaired) electrons. The summed E-state index contributed by atoms with van der Waals surface area (Å²) in [5.74, 6) is -0.175. The minimum Gasteiger partial charge on any atom is -0.507 e. The summed E-state index contributed by atoms with van der Waals surface area (Å²) in [5, 5.41) is 12.0. The van der Waals surface area contributed by atoms with Crippen LogP contribution in [0.5, 0.6) is 17.2 Å². The van der Waals surface area contributed by atoms with E-state index in [0.29, 0.717) is 53.3 Å². The maximum Gasteiger partial charge on any atom is 0.301 e. The first-order valence-electron chi connectivity index (χ1n) is 13.8. The Kier molecular flexibility index (Phi) is 7.36. The van der Waals surface area contributed by atoms with E-state index in [1.54, 1.807) is 18.2 Å². The Morgan fingerprint density at radius 3 is 2.71 bits per heavy atom. The molecule has 1 amide bonds. The van der Waals surface area contributed by atoms with Crippen LogP contribution in [-0.4, -0.2) is 41.6 Å². The minimum atomic E-state index is -0.913. The van der Waals surface area contributed by atoms with Gasteiger partial charge in [0.25, 0.3) is 5.78 Å². The number of hydrogen-bond donors (Lipinski definition) is 1. The second-order valence-corrected chi connectivity index (χ2v) is 11.1.